The Labute approximate surface area is 177 Å². The lowest BCUT2D eigenvalue weighted by molar-refractivity contribution is -0.150. The van der Waals surface area contributed by atoms with Gasteiger partial charge in [0.15, 0.2) is 0 Å². The molecule has 2 atom stereocenters. The fraction of sp³-hybridized carbons (Fsp3) is 0.571. The van der Waals surface area contributed by atoms with Gasteiger partial charge in [-0.1, -0.05) is 0 Å². The number of aromatic nitrogens is 3. The molecule has 0 aromatic carbocycles. The first-order valence-electron chi connectivity index (χ1n) is 10.6. The minimum absolute atomic E-state index is 0.0263. The van der Waals surface area contributed by atoms with Gasteiger partial charge in [-0.2, -0.15) is 18.2 Å². The van der Waals surface area contributed by atoms with Crippen molar-refractivity contribution in [1.82, 2.24) is 14.5 Å². The molecule has 0 radical (unpaired) electrons. The Morgan fingerprint density at radius 1 is 1.16 bits per heavy atom. The number of hydrogen-bond donors (Lipinski definition) is 0. The van der Waals surface area contributed by atoms with Crippen LogP contribution in [0.5, 0.6) is 0 Å². The Morgan fingerprint density at radius 3 is 2.68 bits per heavy atom. The molecule has 1 saturated carbocycles. The Kier molecular flexibility index (Phi) is 4.91. The summed E-state index contributed by atoms with van der Waals surface area (Å²) < 4.78 is 49.0. The highest BCUT2D eigenvalue weighted by Gasteiger charge is 2.48. The second-order valence-corrected chi connectivity index (χ2v) is 8.45. The Hall–Kier alpha value is -2.62. The largest absolute Gasteiger partial charge is 0.409 e. The molecule has 2 fully saturated rings. The number of ether oxygens (including phenoxy) is 1. The van der Waals surface area contributed by atoms with E-state index in [4.69, 9.17) is 4.74 Å². The molecular weight excluding hydrogens is 411 g/mol. The van der Waals surface area contributed by atoms with E-state index >= 15 is 0 Å². The summed E-state index contributed by atoms with van der Waals surface area (Å²) in [5.41, 5.74) is 0.809. The van der Waals surface area contributed by atoms with Crippen LogP contribution in [0.15, 0.2) is 29.2 Å². The number of rotatable bonds is 3. The van der Waals surface area contributed by atoms with E-state index in [-0.39, 0.29) is 30.5 Å². The summed E-state index contributed by atoms with van der Waals surface area (Å²) in [5.74, 6) is 0.712. The quantitative estimate of drug-likeness (QED) is 0.738. The zero-order valence-electron chi connectivity index (χ0n) is 17.2. The van der Waals surface area contributed by atoms with Gasteiger partial charge in [0.1, 0.15) is 11.9 Å². The number of fused-ring (bicyclic) bond motifs is 1. The van der Waals surface area contributed by atoms with Crippen molar-refractivity contribution >= 4 is 17.5 Å². The molecule has 3 aliphatic rings. The average molecular weight is 435 g/mol. The molecule has 4 heterocycles. The maximum absolute atomic E-state index is 14.1. The molecule has 166 valence electrons. The van der Waals surface area contributed by atoms with Gasteiger partial charge in [-0.15, -0.1) is 0 Å². The molecule has 0 N–H and O–H groups in total. The zero-order chi connectivity index (χ0) is 21.8. The minimum Gasteiger partial charge on any atom is -0.377 e. The van der Waals surface area contributed by atoms with Crippen LogP contribution in [0.3, 0.4) is 0 Å². The Bertz CT molecular complexity index is 1040. The van der Waals surface area contributed by atoms with Crippen LogP contribution in [0.2, 0.25) is 0 Å². The number of halogens is 3. The molecule has 5 rings (SSSR count). The Balaban J connectivity index is 1.64. The summed E-state index contributed by atoms with van der Waals surface area (Å²) in [6.07, 6.45) is -1.15. The van der Waals surface area contributed by atoms with E-state index < -0.39 is 12.2 Å². The van der Waals surface area contributed by atoms with E-state index in [1.54, 1.807) is 18.3 Å². The van der Waals surface area contributed by atoms with Crippen LogP contribution in [-0.2, 0) is 11.3 Å². The molecule has 10 heteroatoms. The predicted molar refractivity (Wildman–Crippen MR) is 109 cm³/mol. The van der Waals surface area contributed by atoms with Gasteiger partial charge in [-0.05, 0) is 38.3 Å². The number of anilines is 3. The molecule has 2 aromatic rings. The standard InChI is InChI=1S/C21H24F3N5O2/c1-13-12-31-9-8-27(13)18-11-19(30)28-7-5-17(21(22,23)24)29(20(28)26-18)15-4-6-25-16(10-15)14-2-3-14/h4,6,10-11,13-14,17H,2-3,5,7-9,12H2,1H3/t13-,17?/m1/s1. The molecular formula is C21H24F3N5O2. The fourth-order valence-corrected chi connectivity index (χ4v) is 4.40. The maximum atomic E-state index is 14.1. The number of hydrogen-bond acceptors (Lipinski definition) is 6. The van der Waals surface area contributed by atoms with Crippen LogP contribution in [0.25, 0.3) is 0 Å². The van der Waals surface area contributed by atoms with Crippen LogP contribution in [0, 0.1) is 0 Å². The first-order chi connectivity index (χ1) is 14.8. The second kappa shape index (κ2) is 7.51. The third-order valence-electron chi connectivity index (χ3n) is 6.21. The molecule has 0 amide bonds. The SMILES string of the molecule is C[C@@H]1COCCN1c1cc(=O)n2c(n1)N(c1ccnc(C3CC3)c1)C(C(F)(F)F)CC2. The minimum atomic E-state index is -4.46. The lowest BCUT2D eigenvalue weighted by Crippen LogP contribution is -2.51. The molecule has 7 nitrogen and oxygen atoms in total. The molecule has 1 unspecified atom stereocenters. The third kappa shape index (κ3) is 3.77. The van der Waals surface area contributed by atoms with E-state index in [1.165, 1.54) is 15.5 Å². The monoisotopic (exact) mass is 435 g/mol. The van der Waals surface area contributed by atoms with Gasteiger partial charge in [-0.25, -0.2) is 0 Å². The van der Waals surface area contributed by atoms with Gasteiger partial charge >= 0.3 is 6.18 Å². The van der Waals surface area contributed by atoms with Crippen molar-refractivity contribution in [3.05, 3.63) is 40.4 Å². The van der Waals surface area contributed by atoms with Crippen molar-refractivity contribution in [2.75, 3.05) is 29.6 Å². The van der Waals surface area contributed by atoms with Gasteiger partial charge in [0, 0.05) is 42.7 Å². The molecule has 1 saturated heterocycles. The van der Waals surface area contributed by atoms with Crippen molar-refractivity contribution in [3.63, 3.8) is 0 Å². The van der Waals surface area contributed by atoms with Crippen molar-refractivity contribution in [3.8, 4) is 0 Å². The highest BCUT2D eigenvalue weighted by atomic mass is 19.4. The summed E-state index contributed by atoms with van der Waals surface area (Å²) in [6.45, 7) is 3.40. The number of alkyl halides is 3. The second-order valence-electron chi connectivity index (χ2n) is 8.45. The van der Waals surface area contributed by atoms with Crippen LogP contribution in [-0.4, -0.2) is 52.6 Å². The normalized spacial score (nSPS) is 24.3. The highest BCUT2D eigenvalue weighted by Crippen LogP contribution is 2.43. The van der Waals surface area contributed by atoms with Crippen molar-refractivity contribution in [2.24, 2.45) is 0 Å². The topological polar surface area (TPSA) is 63.5 Å². The Morgan fingerprint density at radius 2 is 1.97 bits per heavy atom. The van der Waals surface area contributed by atoms with Gasteiger partial charge in [0.2, 0.25) is 5.95 Å². The lowest BCUT2D eigenvalue weighted by Gasteiger charge is -2.40. The molecule has 0 spiro atoms. The summed E-state index contributed by atoms with van der Waals surface area (Å²) in [6, 6.07) is 2.91. The molecule has 1 aliphatic carbocycles. The number of morpholine rings is 1. The third-order valence-corrected chi connectivity index (χ3v) is 6.21. The van der Waals surface area contributed by atoms with Crippen LogP contribution < -0.4 is 15.4 Å². The summed E-state index contributed by atoms with van der Waals surface area (Å²) >= 11 is 0. The molecule has 31 heavy (non-hydrogen) atoms. The highest BCUT2D eigenvalue weighted by molar-refractivity contribution is 5.62. The van der Waals surface area contributed by atoms with Crippen molar-refractivity contribution < 1.29 is 17.9 Å². The van der Waals surface area contributed by atoms with E-state index in [2.05, 4.69) is 9.97 Å². The van der Waals surface area contributed by atoms with Crippen LogP contribution in [0.1, 0.15) is 37.8 Å². The number of pyridine rings is 1. The van der Waals surface area contributed by atoms with Gasteiger partial charge in [-0.3, -0.25) is 19.2 Å². The zero-order valence-corrected chi connectivity index (χ0v) is 17.2. The molecule has 0 bridgehead atoms. The average Bonchev–Trinajstić information content (AvgIpc) is 3.58. The van der Waals surface area contributed by atoms with E-state index in [0.717, 1.165) is 18.5 Å². The lowest BCUT2D eigenvalue weighted by atomic mass is 10.1. The van der Waals surface area contributed by atoms with E-state index in [9.17, 15) is 18.0 Å². The van der Waals surface area contributed by atoms with E-state index in [0.29, 0.717) is 37.2 Å². The smallest absolute Gasteiger partial charge is 0.377 e. The summed E-state index contributed by atoms with van der Waals surface area (Å²) in [7, 11) is 0. The van der Waals surface area contributed by atoms with E-state index in [1.807, 2.05) is 11.8 Å². The van der Waals surface area contributed by atoms with Crippen molar-refractivity contribution in [1.29, 1.82) is 0 Å². The molecule has 2 aromatic heterocycles. The fourth-order valence-electron chi connectivity index (χ4n) is 4.40. The summed E-state index contributed by atoms with van der Waals surface area (Å²) in [5, 5.41) is 0. The van der Waals surface area contributed by atoms with Gasteiger partial charge < -0.3 is 9.64 Å². The summed E-state index contributed by atoms with van der Waals surface area (Å²) in [4.78, 5) is 24.9. The molecule has 2 aliphatic heterocycles. The first kappa shape index (κ1) is 20.3. The predicted octanol–water partition coefficient (Wildman–Crippen LogP) is 3.21. The van der Waals surface area contributed by atoms with Gasteiger partial charge in [0.05, 0.1) is 19.3 Å². The number of nitrogens with zero attached hydrogens (tertiary/aromatic N) is 5. The maximum Gasteiger partial charge on any atom is 0.409 e. The van der Waals surface area contributed by atoms with Gasteiger partial charge in [0.25, 0.3) is 5.56 Å². The van der Waals surface area contributed by atoms with Crippen LogP contribution >= 0.6 is 0 Å². The van der Waals surface area contributed by atoms with Crippen LogP contribution in [0.4, 0.5) is 30.6 Å². The first-order valence-corrected chi connectivity index (χ1v) is 10.6. The van der Waals surface area contributed by atoms with Crippen molar-refractivity contribution in [2.45, 2.75) is 56.9 Å².